The standard InChI is InChI=1S/C27H21NO5/c1-2-7-17-14-25(29)33-24-15-18(12-13-19(17)24)32-26(30)16-28-22-10-5-3-8-20(22)27(31)21-9-4-6-11-23(21)28/h3-6,8-15H,2,7,16H2,1H3. The number of hydrogen-bond acceptors (Lipinski definition) is 5. The Bertz CT molecular complexity index is 1580. The van der Waals surface area contributed by atoms with Gasteiger partial charge in [-0.2, -0.15) is 0 Å². The van der Waals surface area contributed by atoms with Crippen LogP contribution in [0.4, 0.5) is 0 Å². The molecule has 3 aromatic carbocycles. The van der Waals surface area contributed by atoms with E-state index in [0.717, 1.165) is 23.8 Å². The molecule has 0 saturated carbocycles. The van der Waals surface area contributed by atoms with Gasteiger partial charge in [-0.1, -0.05) is 37.6 Å². The van der Waals surface area contributed by atoms with Crippen LogP contribution in [0.1, 0.15) is 18.9 Å². The molecule has 0 aliphatic rings. The maximum Gasteiger partial charge on any atom is 0.336 e. The molecule has 33 heavy (non-hydrogen) atoms. The molecular formula is C27H21NO5. The zero-order chi connectivity index (χ0) is 22.9. The fourth-order valence-corrected chi connectivity index (χ4v) is 4.29. The van der Waals surface area contributed by atoms with Crippen LogP contribution >= 0.6 is 0 Å². The van der Waals surface area contributed by atoms with Gasteiger partial charge in [0.1, 0.15) is 17.9 Å². The SMILES string of the molecule is CCCc1cc(=O)oc2cc(OC(=O)Cn3c4ccccc4c(=O)c4ccccc43)ccc12. The molecule has 0 atom stereocenters. The van der Waals surface area contributed by atoms with Gasteiger partial charge in [0.2, 0.25) is 0 Å². The molecule has 0 saturated heterocycles. The van der Waals surface area contributed by atoms with E-state index in [9.17, 15) is 14.4 Å². The fourth-order valence-electron chi connectivity index (χ4n) is 4.29. The second kappa shape index (κ2) is 8.39. The Hall–Kier alpha value is -4.19. The first-order valence-corrected chi connectivity index (χ1v) is 10.8. The number of aromatic nitrogens is 1. The van der Waals surface area contributed by atoms with Crippen molar-refractivity contribution in [3.8, 4) is 5.75 Å². The largest absolute Gasteiger partial charge is 0.425 e. The first kappa shape index (κ1) is 20.7. The van der Waals surface area contributed by atoms with Crippen LogP contribution < -0.4 is 15.8 Å². The normalized spacial score (nSPS) is 11.3. The number of carbonyl (C=O) groups is 1. The average molecular weight is 439 g/mol. The van der Waals surface area contributed by atoms with Crippen molar-refractivity contribution in [1.29, 1.82) is 0 Å². The second-order valence-electron chi connectivity index (χ2n) is 7.92. The first-order valence-electron chi connectivity index (χ1n) is 10.8. The Morgan fingerprint density at radius 2 is 1.55 bits per heavy atom. The summed E-state index contributed by atoms with van der Waals surface area (Å²) in [6, 6.07) is 21.0. The van der Waals surface area contributed by atoms with Gasteiger partial charge in [0.15, 0.2) is 5.43 Å². The van der Waals surface area contributed by atoms with Gasteiger partial charge in [0.05, 0.1) is 11.0 Å². The number of aryl methyl sites for hydroxylation is 1. The van der Waals surface area contributed by atoms with Gasteiger partial charge >= 0.3 is 11.6 Å². The highest BCUT2D eigenvalue weighted by Crippen LogP contribution is 2.24. The zero-order valence-electron chi connectivity index (χ0n) is 18.0. The third kappa shape index (κ3) is 3.80. The summed E-state index contributed by atoms with van der Waals surface area (Å²) < 4.78 is 12.7. The Labute approximate surface area is 188 Å². The zero-order valence-corrected chi connectivity index (χ0v) is 18.0. The van der Waals surface area contributed by atoms with Crippen LogP contribution in [0.2, 0.25) is 0 Å². The second-order valence-corrected chi connectivity index (χ2v) is 7.92. The Kier molecular flexibility index (Phi) is 5.26. The molecule has 5 aromatic rings. The van der Waals surface area contributed by atoms with Crippen LogP contribution in [-0.4, -0.2) is 10.5 Å². The average Bonchev–Trinajstić information content (AvgIpc) is 2.81. The van der Waals surface area contributed by atoms with Crippen LogP contribution in [0.3, 0.4) is 0 Å². The van der Waals surface area contributed by atoms with E-state index in [-0.39, 0.29) is 12.0 Å². The van der Waals surface area contributed by atoms with Gasteiger partial charge in [-0.3, -0.25) is 4.79 Å². The molecule has 0 spiro atoms. The summed E-state index contributed by atoms with van der Waals surface area (Å²) in [5.74, 6) is -0.209. The minimum absolute atomic E-state index is 0.0711. The Morgan fingerprint density at radius 3 is 2.21 bits per heavy atom. The molecule has 2 aromatic heterocycles. The van der Waals surface area contributed by atoms with E-state index in [4.69, 9.17) is 9.15 Å². The highest BCUT2D eigenvalue weighted by molar-refractivity contribution is 5.94. The molecule has 0 unspecified atom stereocenters. The maximum atomic E-state index is 12.9. The number of carbonyl (C=O) groups excluding carboxylic acids is 1. The lowest BCUT2D eigenvalue weighted by Crippen LogP contribution is -2.20. The van der Waals surface area contributed by atoms with Crippen LogP contribution in [0.15, 0.2) is 86.8 Å². The van der Waals surface area contributed by atoms with Gasteiger partial charge in [-0.05, 0) is 48.4 Å². The molecule has 6 heteroatoms. The summed E-state index contributed by atoms with van der Waals surface area (Å²) in [7, 11) is 0. The summed E-state index contributed by atoms with van der Waals surface area (Å²) in [4.78, 5) is 37.7. The summed E-state index contributed by atoms with van der Waals surface area (Å²) in [5.41, 5.74) is 2.11. The molecule has 164 valence electrons. The molecule has 0 fully saturated rings. The lowest BCUT2D eigenvalue weighted by Gasteiger charge is -2.14. The number of rotatable bonds is 5. The van der Waals surface area contributed by atoms with Crippen molar-refractivity contribution in [1.82, 2.24) is 4.57 Å². The maximum absolute atomic E-state index is 12.9. The van der Waals surface area contributed by atoms with Crippen molar-refractivity contribution in [2.45, 2.75) is 26.3 Å². The third-order valence-electron chi connectivity index (χ3n) is 5.72. The van der Waals surface area contributed by atoms with Crippen molar-refractivity contribution < 1.29 is 13.9 Å². The quantitative estimate of drug-likeness (QED) is 0.170. The predicted molar refractivity (Wildman–Crippen MR) is 128 cm³/mol. The van der Waals surface area contributed by atoms with E-state index in [2.05, 4.69) is 0 Å². The number of benzene rings is 3. The van der Waals surface area contributed by atoms with Crippen molar-refractivity contribution in [2.75, 3.05) is 0 Å². The molecule has 6 nitrogen and oxygen atoms in total. The van der Waals surface area contributed by atoms with Crippen LogP contribution in [0.5, 0.6) is 5.75 Å². The summed E-state index contributed by atoms with van der Waals surface area (Å²) >= 11 is 0. The first-order chi connectivity index (χ1) is 16.0. The van der Waals surface area contributed by atoms with E-state index >= 15 is 0 Å². The molecule has 5 rings (SSSR count). The molecule has 0 aliphatic heterocycles. The number of para-hydroxylation sites is 2. The summed E-state index contributed by atoms with van der Waals surface area (Å²) in [6.07, 6.45) is 1.66. The van der Waals surface area contributed by atoms with Gasteiger partial charge in [-0.15, -0.1) is 0 Å². The number of fused-ring (bicyclic) bond motifs is 3. The number of esters is 1. The van der Waals surface area contributed by atoms with E-state index in [1.54, 1.807) is 47.0 Å². The molecular weight excluding hydrogens is 418 g/mol. The highest BCUT2D eigenvalue weighted by atomic mass is 16.5. The number of pyridine rings is 1. The van der Waals surface area contributed by atoms with E-state index < -0.39 is 11.6 Å². The molecule has 0 N–H and O–H groups in total. The van der Waals surface area contributed by atoms with Crippen LogP contribution in [0, 0.1) is 0 Å². The Balaban J connectivity index is 1.52. The number of hydrogen-bond donors (Lipinski definition) is 0. The van der Waals surface area contributed by atoms with Crippen molar-refractivity contribution in [3.05, 3.63) is 99.0 Å². The highest BCUT2D eigenvalue weighted by Gasteiger charge is 2.15. The summed E-state index contributed by atoms with van der Waals surface area (Å²) in [5, 5.41) is 1.91. The molecule has 0 amide bonds. The predicted octanol–water partition coefficient (Wildman–Crippen LogP) is 4.82. The Morgan fingerprint density at radius 1 is 0.879 bits per heavy atom. The van der Waals surface area contributed by atoms with Crippen molar-refractivity contribution >= 4 is 38.7 Å². The lowest BCUT2D eigenvalue weighted by atomic mass is 10.1. The number of ether oxygens (including phenoxy) is 1. The minimum atomic E-state index is -0.500. The van der Waals surface area contributed by atoms with Gasteiger partial charge in [0, 0.05) is 28.3 Å². The van der Waals surface area contributed by atoms with E-state index in [1.165, 1.54) is 6.07 Å². The number of nitrogens with zero attached hydrogens (tertiary/aromatic N) is 1. The lowest BCUT2D eigenvalue weighted by molar-refractivity contribution is -0.134. The van der Waals surface area contributed by atoms with Crippen molar-refractivity contribution in [2.24, 2.45) is 0 Å². The minimum Gasteiger partial charge on any atom is -0.425 e. The topological polar surface area (TPSA) is 78.5 Å². The van der Waals surface area contributed by atoms with E-state index in [0.29, 0.717) is 33.1 Å². The third-order valence-corrected chi connectivity index (χ3v) is 5.72. The molecule has 0 radical (unpaired) electrons. The van der Waals surface area contributed by atoms with Crippen LogP contribution in [0.25, 0.3) is 32.8 Å². The fraction of sp³-hybridized carbons (Fsp3) is 0.148. The van der Waals surface area contributed by atoms with E-state index in [1.807, 2.05) is 31.2 Å². The monoisotopic (exact) mass is 439 g/mol. The van der Waals surface area contributed by atoms with Gasteiger partial charge in [-0.25, -0.2) is 9.59 Å². The van der Waals surface area contributed by atoms with Crippen LogP contribution in [-0.2, 0) is 17.8 Å². The molecule has 2 heterocycles. The van der Waals surface area contributed by atoms with Crippen molar-refractivity contribution in [3.63, 3.8) is 0 Å². The smallest absolute Gasteiger partial charge is 0.336 e. The molecule has 0 aliphatic carbocycles. The van der Waals surface area contributed by atoms with Gasteiger partial charge in [0.25, 0.3) is 0 Å². The summed E-state index contributed by atoms with van der Waals surface area (Å²) in [6.45, 7) is 1.96. The molecule has 0 bridgehead atoms. The van der Waals surface area contributed by atoms with Gasteiger partial charge < -0.3 is 13.7 Å².